The monoisotopic (exact) mass is 292 g/mol. The summed E-state index contributed by atoms with van der Waals surface area (Å²) in [5.74, 6) is 2.75. The maximum absolute atomic E-state index is 10.8. The van der Waals surface area contributed by atoms with Gasteiger partial charge in [-0.25, -0.2) is 0 Å². The van der Waals surface area contributed by atoms with Crippen LogP contribution in [0.4, 0.5) is 0 Å². The molecule has 4 fully saturated rings. The van der Waals surface area contributed by atoms with E-state index in [1.54, 1.807) is 0 Å². The van der Waals surface area contributed by atoms with E-state index in [9.17, 15) is 10.2 Å². The molecular weight excluding hydrogens is 260 g/mol. The Kier molecular flexibility index (Phi) is 3.25. The van der Waals surface area contributed by atoms with Crippen molar-refractivity contribution in [3.05, 3.63) is 0 Å². The third-order valence-corrected chi connectivity index (χ3v) is 8.43. The van der Waals surface area contributed by atoms with Crippen LogP contribution in [0.1, 0.15) is 71.6 Å². The number of fused-ring (bicyclic) bond motifs is 5. The average molecular weight is 292 g/mol. The van der Waals surface area contributed by atoms with Gasteiger partial charge in [0, 0.05) is 0 Å². The van der Waals surface area contributed by atoms with E-state index in [-0.39, 0.29) is 17.6 Å². The summed E-state index contributed by atoms with van der Waals surface area (Å²) in [7, 11) is 0. The molecule has 2 nitrogen and oxygen atoms in total. The van der Waals surface area contributed by atoms with Crippen molar-refractivity contribution in [2.75, 3.05) is 0 Å². The van der Waals surface area contributed by atoms with Crippen LogP contribution in [0.25, 0.3) is 0 Å². The van der Waals surface area contributed by atoms with Crippen LogP contribution >= 0.6 is 0 Å². The van der Waals surface area contributed by atoms with Crippen LogP contribution in [-0.2, 0) is 0 Å². The van der Waals surface area contributed by atoms with Crippen LogP contribution in [0.2, 0.25) is 0 Å². The van der Waals surface area contributed by atoms with Gasteiger partial charge in [-0.05, 0) is 85.9 Å². The molecule has 2 N–H and O–H groups in total. The molecule has 0 unspecified atom stereocenters. The van der Waals surface area contributed by atoms with Crippen molar-refractivity contribution < 1.29 is 10.2 Å². The van der Waals surface area contributed by atoms with Crippen molar-refractivity contribution in [3.63, 3.8) is 0 Å². The van der Waals surface area contributed by atoms with Crippen LogP contribution in [0.5, 0.6) is 0 Å². The molecule has 8 atom stereocenters. The Morgan fingerprint density at radius 1 is 0.810 bits per heavy atom. The third-order valence-electron chi connectivity index (χ3n) is 8.43. The molecule has 0 aromatic carbocycles. The molecule has 2 heteroatoms. The Hall–Kier alpha value is -0.0800. The second kappa shape index (κ2) is 4.71. The van der Waals surface area contributed by atoms with Gasteiger partial charge in [0.1, 0.15) is 0 Å². The summed E-state index contributed by atoms with van der Waals surface area (Å²) in [5.41, 5.74) is 0.851. The summed E-state index contributed by atoms with van der Waals surface area (Å²) < 4.78 is 0. The Labute approximate surface area is 129 Å². The molecule has 21 heavy (non-hydrogen) atoms. The zero-order valence-electron chi connectivity index (χ0n) is 13.7. The van der Waals surface area contributed by atoms with Crippen molar-refractivity contribution >= 4 is 0 Å². The number of hydrogen-bond acceptors (Lipinski definition) is 2. The Bertz CT molecular complexity index is 422. The van der Waals surface area contributed by atoms with Gasteiger partial charge in [-0.1, -0.05) is 20.3 Å². The van der Waals surface area contributed by atoms with Gasteiger partial charge in [0.2, 0.25) is 0 Å². The Balaban J connectivity index is 1.66. The van der Waals surface area contributed by atoms with E-state index in [0.717, 1.165) is 43.4 Å². The molecule has 4 rings (SSSR count). The van der Waals surface area contributed by atoms with E-state index >= 15 is 0 Å². The lowest BCUT2D eigenvalue weighted by molar-refractivity contribution is -0.167. The zero-order valence-corrected chi connectivity index (χ0v) is 13.7. The minimum absolute atomic E-state index is 0.172. The highest BCUT2D eigenvalue weighted by molar-refractivity contribution is 5.09. The molecule has 0 aromatic rings. The first-order chi connectivity index (χ1) is 9.94. The third kappa shape index (κ3) is 1.97. The second-order valence-electron chi connectivity index (χ2n) is 9.31. The van der Waals surface area contributed by atoms with Crippen molar-refractivity contribution in [1.82, 2.24) is 0 Å². The van der Waals surface area contributed by atoms with Crippen LogP contribution in [-0.4, -0.2) is 22.4 Å². The quantitative estimate of drug-likeness (QED) is 0.714. The van der Waals surface area contributed by atoms with Crippen molar-refractivity contribution in [2.45, 2.75) is 83.8 Å². The molecule has 0 spiro atoms. The predicted molar refractivity (Wildman–Crippen MR) is 83.7 cm³/mol. The molecule has 0 amide bonds. The summed E-state index contributed by atoms with van der Waals surface area (Å²) >= 11 is 0. The zero-order chi connectivity index (χ0) is 14.8. The number of rotatable bonds is 0. The van der Waals surface area contributed by atoms with E-state index in [1.165, 1.54) is 32.1 Å². The van der Waals surface area contributed by atoms with E-state index < -0.39 is 0 Å². The summed E-state index contributed by atoms with van der Waals surface area (Å²) in [6.45, 7) is 4.97. The molecule has 4 aliphatic carbocycles. The molecule has 0 aromatic heterocycles. The minimum Gasteiger partial charge on any atom is -0.393 e. The standard InChI is InChI=1S/C19H32O2/c1-18-7-3-4-14(18)13-11-17(21)16-10-12(20)5-9-19(16,2)15(13)6-8-18/h12-17,20-21H,3-11H2,1-2H3/t12-,13+,14+,15+,16+,17+,18+,19+/m0/s1. The van der Waals surface area contributed by atoms with Crippen molar-refractivity contribution in [2.24, 2.45) is 34.5 Å². The number of aliphatic hydroxyl groups is 2. The molecule has 0 aliphatic heterocycles. The summed E-state index contributed by atoms with van der Waals surface area (Å²) in [6, 6.07) is 0. The smallest absolute Gasteiger partial charge is 0.0577 e. The fourth-order valence-electron chi connectivity index (χ4n) is 7.27. The fourth-order valence-corrected chi connectivity index (χ4v) is 7.27. The molecular formula is C19H32O2. The van der Waals surface area contributed by atoms with E-state index in [4.69, 9.17) is 0 Å². The first-order valence-electron chi connectivity index (χ1n) is 9.30. The lowest BCUT2D eigenvalue weighted by Gasteiger charge is -2.61. The highest BCUT2D eigenvalue weighted by Gasteiger charge is 2.59. The van der Waals surface area contributed by atoms with Crippen molar-refractivity contribution in [3.8, 4) is 0 Å². The van der Waals surface area contributed by atoms with Gasteiger partial charge in [0.25, 0.3) is 0 Å². The van der Waals surface area contributed by atoms with E-state index in [2.05, 4.69) is 13.8 Å². The minimum atomic E-state index is -0.172. The van der Waals surface area contributed by atoms with E-state index in [0.29, 0.717) is 11.3 Å². The summed E-state index contributed by atoms with van der Waals surface area (Å²) in [5, 5.41) is 20.9. The van der Waals surface area contributed by atoms with Crippen LogP contribution in [0.3, 0.4) is 0 Å². The molecule has 4 aliphatic rings. The lowest BCUT2D eigenvalue weighted by atomic mass is 9.44. The van der Waals surface area contributed by atoms with Gasteiger partial charge < -0.3 is 10.2 Å². The van der Waals surface area contributed by atoms with Gasteiger partial charge >= 0.3 is 0 Å². The SMILES string of the molecule is C[C@]12CCC[C@@H]1[C@H]1C[C@@H](O)[C@H]3C[C@@H](O)CC[C@]3(C)[C@@H]1CC2. The molecule has 4 saturated carbocycles. The van der Waals surface area contributed by atoms with Crippen LogP contribution in [0, 0.1) is 34.5 Å². The molecule has 0 heterocycles. The molecule has 0 radical (unpaired) electrons. The number of aliphatic hydroxyl groups excluding tert-OH is 2. The first-order valence-corrected chi connectivity index (χ1v) is 9.30. The lowest BCUT2D eigenvalue weighted by Crippen LogP contribution is -2.57. The molecule has 120 valence electrons. The van der Waals surface area contributed by atoms with Gasteiger partial charge in [0.05, 0.1) is 12.2 Å². The topological polar surface area (TPSA) is 40.5 Å². The van der Waals surface area contributed by atoms with Gasteiger partial charge in [-0.15, -0.1) is 0 Å². The van der Waals surface area contributed by atoms with Crippen molar-refractivity contribution in [1.29, 1.82) is 0 Å². The van der Waals surface area contributed by atoms with Gasteiger partial charge in [0.15, 0.2) is 0 Å². The molecule has 0 bridgehead atoms. The predicted octanol–water partition coefficient (Wildman–Crippen LogP) is 3.75. The highest BCUT2D eigenvalue weighted by atomic mass is 16.3. The summed E-state index contributed by atoms with van der Waals surface area (Å²) in [6.07, 6.45) is 10.6. The summed E-state index contributed by atoms with van der Waals surface area (Å²) in [4.78, 5) is 0. The molecule has 0 saturated heterocycles. The number of hydrogen-bond donors (Lipinski definition) is 2. The highest BCUT2D eigenvalue weighted by Crippen LogP contribution is 2.66. The second-order valence-corrected chi connectivity index (χ2v) is 9.31. The largest absolute Gasteiger partial charge is 0.393 e. The normalized spacial score (nSPS) is 60.0. The Morgan fingerprint density at radius 3 is 2.43 bits per heavy atom. The van der Waals surface area contributed by atoms with Crippen LogP contribution < -0.4 is 0 Å². The van der Waals surface area contributed by atoms with Crippen LogP contribution in [0.15, 0.2) is 0 Å². The fraction of sp³-hybridized carbons (Fsp3) is 1.00. The van der Waals surface area contributed by atoms with Gasteiger partial charge in [-0.3, -0.25) is 0 Å². The first kappa shape index (κ1) is 14.5. The van der Waals surface area contributed by atoms with E-state index in [1.807, 2.05) is 0 Å². The maximum Gasteiger partial charge on any atom is 0.0577 e. The average Bonchev–Trinajstić information content (AvgIpc) is 2.83. The maximum atomic E-state index is 10.8. The Morgan fingerprint density at radius 2 is 1.62 bits per heavy atom. The van der Waals surface area contributed by atoms with Gasteiger partial charge in [-0.2, -0.15) is 0 Å².